The highest BCUT2D eigenvalue weighted by atomic mass is 32.2. The van der Waals surface area contributed by atoms with Crippen LogP contribution in [0.2, 0.25) is 0 Å². The number of nitrogens with zero attached hydrogens (tertiary/aromatic N) is 6. The predicted molar refractivity (Wildman–Crippen MR) is 159 cm³/mol. The van der Waals surface area contributed by atoms with Crippen LogP contribution in [0.5, 0.6) is 0 Å². The number of hydrogen-bond donors (Lipinski definition) is 6. The first-order valence-electron chi connectivity index (χ1n) is 14.3. The first-order valence-corrected chi connectivity index (χ1v) is 15.3. The molecule has 46 heavy (non-hydrogen) atoms. The molecule has 2 aromatic carbocycles. The van der Waals surface area contributed by atoms with Crippen LogP contribution in [-0.4, -0.2) is 122 Å². The summed E-state index contributed by atoms with van der Waals surface area (Å²) in [5.41, 5.74) is 0.383. The Hall–Kier alpha value is -3.39. The molecule has 3 heterocycles. The van der Waals surface area contributed by atoms with Gasteiger partial charge in [-0.05, 0) is 31.2 Å². The smallest absolute Gasteiger partial charge is 0.134 e. The number of benzene rings is 2. The molecule has 0 saturated carbocycles. The molecule has 5 rings (SSSR count). The normalized spacial score (nSPS) is 24.4. The Morgan fingerprint density at radius 3 is 2.15 bits per heavy atom. The fourth-order valence-corrected chi connectivity index (χ4v) is 6.23. The summed E-state index contributed by atoms with van der Waals surface area (Å²) >= 11 is 0.927. The molecule has 1 aliphatic rings. The monoisotopic (exact) mass is 664 g/mol. The van der Waals surface area contributed by atoms with E-state index in [1.165, 1.54) is 65.1 Å². The molecule has 0 bridgehead atoms. The lowest BCUT2D eigenvalue weighted by molar-refractivity contribution is -0.179. The molecule has 1 fully saturated rings. The molecule has 2 aromatic heterocycles. The Morgan fingerprint density at radius 1 is 0.935 bits per heavy atom. The third-order valence-electron chi connectivity index (χ3n) is 7.64. The van der Waals surface area contributed by atoms with E-state index in [9.17, 15) is 39.4 Å². The van der Waals surface area contributed by atoms with Crippen molar-refractivity contribution < 1.29 is 48.9 Å². The molecule has 6 N–H and O–H groups in total. The second kappa shape index (κ2) is 15.0. The molecule has 9 atom stereocenters. The lowest BCUT2D eigenvalue weighted by Crippen LogP contribution is -2.55. The van der Waals surface area contributed by atoms with Crippen LogP contribution in [0.15, 0.2) is 60.9 Å². The summed E-state index contributed by atoms with van der Waals surface area (Å²) in [7, 11) is 0. The van der Waals surface area contributed by atoms with E-state index < -0.39 is 79.0 Å². The number of aromatic nitrogens is 6. The lowest BCUT2D eigenvalue weighted by atomic mass is 9.97. The molecule has 0 radical (unpaired) electrons. The Bertz CT molecular complexity index is 1580. The standard InChI is InChI=1S/C29H34F2N6O8S/c1-15(40)24(36-10-20(32-34-36)16-4-2-6-18(30)8-16)26(41)22(12-38)44-14-46-29-28(43)25(27(42)23(13-39)45-29)37-11-21(33-35-37)17-5-3-7-19(31)9-17/h2-11,15,22-29,38-43H,12-14H2,1H3/t15-,22+,23?,24?,25?,26?,27?,28?,29?/m0/s1. The van der Waals surface area contributed by atoms with Gasteiger partial charge in [0.2, 0.25) is 0 Å². The number of halogens is 2. The maximum absolute atomic E-state index is 13.7. The maximum atomic E-state index is 13.7. The summed E-state index contributed by atoms with van der Waals surface area (Å²) in [5.74, 6) is -1.19. The van der Waals surface area contributed by atoms with Gasteiger partial charge in [0, 0.05) is 11.1 Å². The van der Waals surface area contributed by atoms with Crippen molar-refractivity contribution in [1.29, 1.82) is 0 Å². The van der Waals surface area contributed by atoms with E-state index >= 15 is 0 Å². The van der Waals surface area contributed by atoms with E-state index in [4.69, 9.17) is 9.47 Å². The zero-order valence-electron chi connectivity index (χ0n) is 24.4. The van der Waals surface area contributed by atoms with Gasteiger partial charge in [0.25, 0.3) is 0 Å². The first-order chi connectivity index (χ1) is 22.1. The fourth-order valence-electron chi connectivity index (χ4n) is 5.26. The van der Waals surface area contributed by atoms with Gasteiger partial charge in [0.05, 0.1) is 37.7 Å². The van der Waals surface area contributed by atoms with Crippen molar-refractivity contribution in [3.05, 3.63) is 72.6 Å². The largest absolute Gasteiger partial charge is 0.394 e. The molecule has 0 aliphatic carbocycles. The summed E-state index contributed by atoms with van der Waals surface area (Å²) in [4.78, 5) is 0. The third-order valence-corrected chi connectivity index (χ3v) is 8.63. The van der Waals surface area contributed by atoms with Crippen LogP contribution in [0, 0.1) is 11.6 Å². The van der Waals surface area contributed by atoms with Gasteiger partial charge in [-0.3, -0.25) is 0 Å². The van der Waals surface area contributed by atoms with Crippen molar-refractivity contribution in [2.24, 2.45) is 0 Å². The summed E-state index contributed by atoms with van der Waals surface area (Å²) in [6.07, 6.45) is -4.97. The van der Waals surface area contributed by atoms with Crippen LogP contribution >= 0.6 is 11.8 Å². The summed E-state index contributed by atoms with van der Waals surface area (Å²) < 4.78 is 41.3. The number of rotatable bonds is 13. The average Bonchev–Trinajstić information content (AvgIpc) is 3.71. The van der Waals surface area contributed by atoms with E-state index in [0.717, 1.165) is 11.8 Å². The van der Waals surface area contributed by atoms with Gasteiger partial charge in [0.15, 0.2) is 0 Å². The van der Waals surface area contributed by atoms with Crippen molar-refractivity contribution in [2.75, 3.05) is 19.2 Å². The topological polar surface area (TPSA) is 201 Å². The highest BCUT2D eigenvalue weighted by Gasteiger charge is 2.46. The molecule has 17 heteroatoms. The van der Waals surface area contributed by atoms with Crippen LogP contribution in [0.1, 0.15) is 19.0 Å². The van der Waals surface area contributed by atoms with E-state index in [2.05, 4.69) is 20.6 Å². The summed E-state index contributed by atoms with van der Waals surface area (Å²) in [6.45, 7) is 0.168. The minimum Gasteiger partial charge on any atom is -0.394 e. The van der Waals surface area contributed by atoms with Crippen LogP contribution in [-0.2, 0) is 9.47 Å². The van der Waals surface area contributed by atoms with Crippen LogP contribution in [0.4, 0.5) is 8.78 Å². The average molecular weight is 665 g/mol. The van der Waals surface area contributed by atoms with Crippen molar-refractivity contribution in [3.8, 4) is 22.5 Å². The third kappa shape index (κ3) is 7.43. The van der Waals surface area contributed by atoms with Gasteiger partial charge in [0.1, 0.15) is 71.1 Å². The van der Waals surface area contributed by atoms with Gasteiger partial charge < -0.3 is 40.1 Å². The Morgan fingerprint density at radius 2 is 1.57 bits per heavy atom. The van der Waals surface area contributed by atoms with Crippen molar-refractivity contribution in [3.63, 3.8) is 0 Å². The zero-order chi connectivity index (χ0) is 33.0. The van der Waals surface area contributed by atoms with Crippen LogP contribution in [0.3, 0.4) is 0 Å². The summed E-state index contributed by atoms with van der Waals surface area (Å²) in [6, 6.07) is 9.11. The molecule has 1 aliphatic heterocycles. The Labute approximate surface area is 265 Å². The minimum absolute atomic E-state index is 0.241. The first kappa shape index (κ1) is 34.0. The molecule has 0 amide bonds. The Kier molecular flexibility index (Phi) is 11.1. The number of aliphatic hydroxyl groups excluding tert-OH is 6. The molecule has 7 unspecified atom stereocenters. The molecule has 4 aromatic rings. The molecular formula is C29H34F2N6O8S. The van der Waals surface area contributed by atoms with Gasteiger partial charge >= 0.3 is 0 Å². The maximum Gasteiger partial charge on any atom is 0.134 e. The van der Waals surface area contributed by atoms with Crippen LogP contribution in [0.25, 0.3) is 22.5 Å². The second-order valence-electron chi connectivity index (χ2n) is 10.8. The molecule has 0 spiro atoms. The van der Waals surface area contributed by atoms with Crippen molar-refractivity contribution in [2.45, 2.75) is 61.1 Å². The van der Waals surface area contributed by atoms with E-state index in [-0.39, 0.29) is 5.94 Å². The summed E-state index contributed by atoms with van der Waals surface area (Å²) in [5, 5.41) is 79.6. The highest BCUT2D eigenvalue weighted by Crippen LogP contribution is 2.36. The number of ether oxygens (including phenoxy) is 2. The number of hydrogen-bond acceptors (Lipinski definition) is 13. The minimum atomic E-state index is -1.50. The van der Waals surface area contributed by atoms with Gasteiger partial charge in [-0.15, -0.1) is 10.2 Å². The SMILES string of the molecule is C[C@H](O)C(C(O)[C@@H](CO)OCSC1OC(CO)C(O)C(n2cc(-c3cccc(F)c3)nn2)C1O)n1cc(-c2cccc(F)c2)nn1. The van der Waals surface area contributed by atoms with Gasteiger partial charge in [-0.2, -0.15) is 0 Å². The molecule has 248 valence electrons. The van der Waals surface area contributed by atoms with Gasteiger partial charge in [-0.1, -0.05) is 46.5 Å². The Balaban J connectivity index is 1.26. The molecule has 1 saturated heterocycles. The quantitative estimate of drug-likeness (QED) is 0.108. The zero-order valence-corrected chi connectivity index (χ0v) is 25.3. The second-order valence-corrected chi connectivity index (χ2v) is 11.8. The van der Waals surface area contributed by atoms with Crippen molar-refractivity contribution >= 4 is 11.8 Å². The number of thioether (sulfide) groups is 1. The fraction of sp³-hybridized carbons (Fsp3) is 0.448. The van der Waals surface area contributed by atoms with Gasteiger partial charge in [-0.25, -0.2) is 18.1 Å². The lowest BCUT2D eigenvalue weighted by Gasteiger charge is -2.41. The van der Waals surface area contributed by atoms with E-state index in [1.807, 2.05) is 0 Å². The van der Waals surface area contributed by atoms with Crippen molar-refractivity contribution in [1.82, 2.24) is 30.0 Å². The van der Waals surface area contributed by atoms with Crippen LogP contribution < -0.4 is 0 Å². The predicted octanol–water partition coefficient (Wildman–Crippen LogP) is 0.513. The van der Waals surface area contributed by atoms with E-state index in [0.29, 0.717) is 22.5 Å². The molecule has 14 nitrogen and oxygen atoms in total. The van der Waals surface area contributed by atoms with E-state index in [1.54, 1.807) is 12.1 Å². The highest BCUT2D eigenvalue weighted by molar-refractivity contribution is 7.99. The number of aliphatic hydroxyl groups is 6. The molecular weight excluding hydrogens is 630 g/mol.